The zero-order valence-electron chi connectivity index (χ0n) is 25.2. The summed E-state index contributed by atoms with van der Waals surface area (Å²) in [6, 6.07) is 33.1. The molecule has 46 heavy (non-hydrogen) atoms. The van der Waals surface area contributed by atoms with Gasteiger partial charge in [-0.1, -0.05) is 92.5 Å². The summed E-state index contributed by atoms with van der Waals surface area (Å²) in [5, 5.41) is 7.60. The number of carbonyl (C=O) groups is 3. The molecule has 0 atom stereocenters. The van der Waals surface area contributed by atoms with Crippen molar-refractivity contribution in [2.24, 2.45) is 0 Å². The van der Waals surface area contributed by atoms with Gasteiger partial charge in [-0.05, 0) is 57.6 Å². The average molecular weight is 619 g/mol. The second-order valence-electron chi connectivity index (χ2n) is 9.87. The number of esters is 2. The van der Waals surface area contributed by atoms with Crippen molar-refractivity contribution in [3.63, 3.8) is 0 Å². The van der Waals surface area contributed by atoms with Gasteiger partial charge >= 0.3 is 17.9 Å². The normalized spacial score (nSPS) is 11.7. The van der Waals surface area contributed by atoms with Crippen LogP contribution < -0.4 is 9.47 Å². The molecule has 1 N–H and O–H groups in total. The minimum absolute atomic E-state index is 0.141. The fourth-order valence-electron chi connectivity index (χ4n) is 5.35. The summed E-state index contributed by atoms with van der Waals surface area (Å²) in [7, 11) is 0. The molecule has 5 rings (SSSR count). The SMILES string of the molecule is C=CC(=O)O.C=CC(=O)OCCOc1ccc(C2(c3ccc(OCCOC(=O)C=C)cc3)c3ccccc3-c3ccccc32)cc1. The third-order valence-corrected chi connectivity index (χ3v) is 7.23. The van der Waals surface area contributed by atoms with E-state index in [4.69, 9.17) is 24.1 Å². The van der Waals surface area contributed by atoms with E-state index in [9.17, 15) is 14.4 Å². The molecule has 0 saturated heterocycles. The number of hydrogen-bond donors (Lipinski definition) is 1. The molecule has 0 radical (unpaired) electrons. The van der Waals surface area contributed by atoms with E-state index in [1.165, 1.54) is 22.3 Å². The van der Waals surface area contributed by atoms with Crippen LogP contribution in [0.4, 0.5) is 0 Å². The summed E-state index contributed by atoms with van der Waals surface area (Å²) >= 11 is 0. The van der Waals surface area contributed by atoms with E-state index in [0.717, 1.165) is 29.4 Å². The maximum atomic E-state index is 11.3. The van der Waals surface area contributed by atoms with Crippen molar-refractivity contribution in [2.45, 2.75) is 5.41 Å². The van der Waals surface area contributed by atoms with Crippen molar-refractivity contribution in [3.05, 3.63) is 157 Å². The van der Waals surface area contributed by atoms with Gasteiger partial charge in [-0.15, -0.1) is 0 Å². The van der Waals surface area contributed by atoms with E-state index in [1.54, 1.807) is 0 Å². The quantitative estimate of drug-likeness (QED) is 0.0903. The number of carbonyl (C=O) groups excluding carboxylic acids is 2. The van der Waals surface area contributed by atoms with Gasteiger partial charge in [-0.3, -0.25) is 0 Å². The Morgan fingerprint density at radius 1 is 0.565 bits per heavy atom. The van der Waals surface area contributed by atoms with Crippen molar-refractivity contribution in [2.75, 3.05) is 26.4 Å². The van der Waals surface area contributed by atoms with E-state index in [2.05, 4.69) is 92.5 Å². The standard InChI is InChI=1S/C35H30O6.C3H4O2/c1-3-33(36)40-23-21-38-27-17-13-25(14-18-27)35(26-15-19-28(20-16-26)39-22-24-41-34(37)4-2)31-11-7-5-9-29(31)30-10-6-8-12-32(30)35;1-2-3(4)5/h3-20H,1-2,21-24H2;2H,1H2,(H,4,5). The first-order chi connectivity index (χ1) is 22.3. The molecule has 0 heterocycles. The summed E-state index contributed by atoms with van der Waals surface area (Å²) in [4.78, 5) is 31.8. The lowest BCUT2D eigenvalue weighted by atomic mass is 9.68. The van der Waals surface area contributed by atoms with Crippen molar-refractivity contribution >= 4 is 17.9 Å². The average Bonchev–Trinajstić information content (AvgIpc) is 3.40. The molecule has 0 unspecified atom stereocenters. The highest BCUT2D eigenvalue weighted by Crippen LogP contribution is 2.56. The van der Waals surface area contributed by atoms with Gasteiger partial charge in [0.05, 0.1) is 5.41 Å². The number of benzene rings is 4. The molecule has 0 aromatic heterocycles. The fourth-order valence-corrected chi connectivity index (χ4v) is 5.35. The van der Waals surface area contributed by atoms with Crippen LogP contribution in [0.5, 0.6) is 11.5 Å². The zero-order chi connectivity index (χ0) is 32.9. The van der Waals surface area contributed by atoms with Crippen LogP contribution >= 0.6 is 0 Å². The molecule has 1 aliphatic carbocycles. The predicted molar refractivity (Wildman–Crippen MR) is 175 cm³/mol. The highest BCUT2D eigenvalue weighted by molar-refractivity contribution is 5.86. The lowest BCUT2D eigenvalue weighted by Crippen LogP contribution is -2.28. The van der Waals surface area contributed by atoms with Gasteiger partial charge in [-0.2, -0.15) is 0 Å². The summed E-state index contributed by atoms with van der Waals surface area (Å²) in [5.41, 5.74) is 6.38. The Morgan fingerprint density at radius 2 is 0.935 bits per heavy atom. The Bertz CT molecular complexity index is 1580. The minimum Gasteiger partial charge on any atom is -0.490 e. The zero-order valence-corrected chi connectivity index (χ0v) is 25.2. The van der Waals surface area contributed by atoms with Crippen molar-refractivity contribution in [3.8, 4) is 22.6 Å². The fraction of sp³-hybridized carbons (Fsp3) is 0.132. The Kier molecular flexibility index (Phi) is 11.3. The first kappa shape index (κ1) is 33.0. The molecule has 0 saturated carbocycles. The minimum atomic E-state index is -0.981. The Hall–Kier alpha value is -5.89. The van der Waals surface area contributed by atoms with Crippen LogP contribution in [0.2, 0.25) is 0 Å². The second-order valence-corrected chi connectivity index (χ2v) is 9.87. The largest absolute Gasteiger partial charge is 0.490 e. The molecule has 4 aromatic carbocycles. The third-order valence-electron chi connectivity index (χ3n) is 7.23. The molecule has 4 aromatic rings. The van der Waals surface area contributed by atoms with E-state index >= 15 is 0 Å². The van der Waals surface area contributed by atoms with Crippen LogP contribution in [0.3, 0.4) is 0 Å². The van der Waals surface area contributed by atoms with Gasteiger partial charge < -0.3 is 24.1 Å². The smallest absolute Gasteiger partial charge is 0.330 e. The van der Waals surface area contributed by atoms with Gasteiger partial charge in [0.1, 0.15) is 37.9 Å². The Morgan fingerprint density at radius 3 is 1.28 bits per heavy atom. The molecule has 0 spiro atoms. The molecular formula is C38H34O8. The van der Waals surface area contributed by atoms with Gasteiger partial charge in [0, 0.05) is 18.2 Å². The maximum absolute atomic E-state index is 11.3. The van der Waals surface area contributed by atoms with E-state index in [1.807, 2.05) is 24.3 Å². The third kappa shape index (κ3) is 7.42. The van der Waals surface area contributed by atoms with Gasteiger partial charge in [-0.25, -0.2) is 14.4 Å². The molecule has 8 nitrogen and oxygen atoms in total. The topological polar surface area (TPSA) is 108 Å². The second kappa shape index (κ2) is 15.7. The van der Waals surface area contributed by atoms with E-state index in [-0.39, 0.29) is 26.4 Å². The molecule has 8 heteroatoms. The molecule has 0 aliphatic heterocycles. The number of aliphatic carboxylic acids is 1. The van der Waals surface area contributed by atoms with Gasteiger partial charge in [0.15, 0.2) is 0 Å². The molecular weight excluding hydrogens is 584 g/mol. The maximum Gasteiger partial charge on any atom is 0.330 e. The van der Waals surface area contributed by atoms with Crippen LogP contribution in [0.1, 0.15) is 22.3 Å². The first-order valence-corrected chi connectivity index (χ1v) is 14.4. The summed E-state index contributed by atoms with van der Waals surface area (Å²) in [5.74, 6) is -0.572. The number of carboxylic acids is 1. The molecule has 0 bridgehead atoms. The lowest BCUT2D eigenvalue weighted by Gasteiger charge is -2.34. The Balaban J connectivity index is 0.000000892. The first-order valence-electron chi connectivity index (χ1n) is 14.4. The molecule has 0 amide bonds. The number of ether oxygens (including phenoxy) is 4. The van der Waals surface area contributed by atoms with Crippen LogP contribution in [0, 0.1) is 0 Å². The van der Waals surface area contributed by atoms with Crippen molar-refractivity contribution in [1.82, 2.24) is 0 Å². The highest BCUT2D eigenvalue weighted by atomic mass is 16.6. The van der Waals surface area contributed by atoms with Crippen LogP contribution in [0.15, 0.2) is 135 Å². The van der Waals surface area contributed by atoms with Crippen LogP contribution in [-0.4, -0.2) is 49.4 Å². The molecule has 0 fully saturated rings. The number of fused-ring (bicyclic) bond motifs is 3. The monoisotopic (exact) mass is 618 g/mol. The lowest BCUT2D eigenvalue weighted by molar-refractivity contribution is -0.139. The number of rotatable bonds is 13. The van der Waals surface area contributed by atoms with Crippen LogP contribution in [0.25, 0.3) is 11.1 Å². The summed E-state index contributed by atoms with van der Waals surface area (Å²) in [6.45, 7) is 10.5. The van der Waals surface area contributed by atoms with Gasteiger partial charge in [0.25, 0.3) is 0 Å². The van der Waals surface area contributed by atoms with E-state index in [0.29, 0.717) is 11.5 Å². The Labute approximate surface area is 267 Å². The summed E-state index contributed by atoms with van der Waals surface area (Å²) < 4.78 is 21.6. The summed E-state index contributed by atoms with van der Waals surface area (Å²) in [6.07, 6.45) is 3.09. The van der Waals surface area contributed by atoms with Crippen molar-refractivity contribution < 1.29 is 38.4 Å². The molecule has 1 aliphatic rings. The number of hydrogen-bond acceptors (Lipinski definition) is 7. The van der Waals surface area contributed by atoms with Gasteiger partial charge in [0.2, 0.25) is 0 Å². The predicted octanol–water partition coefficient (Wildman–Crippen LogP) is 6.52. The number of carboxylic acid groups (broad SMARTS) is 1. The highest BCUT2D eigenvalue weighted by Gasteiger charge is 2.45. The molecule has 234 valence electrons. The van der Waals surface area contributed by atoms with E-state index < -0.39 is 23.3 Å². The van der Waals surface area contributed by atoms with Crippen LogP contribution in [-0.2, 0) is 29.3 Å². The van der Waals surface area contributed by atoms with Crippen molar-refractivity contribution in [1.29, 1.82) is 0 Å².